The predicted octanol–water partition coefficient (Wildman–Crippen LogP) is 8.93. The van der Waals surface area contributed by atoms with Crippen LogP contribution < -0.4 is 10.2 Å². The molecule has 5 atom stereocenters. The van der Waals surface area contributed by atoms with E-state index in [9.17, 15) is 19.4 Å². The number of nitrogens with zero attached hydrogens (tertiary/aromatic N) is 1. The highest BCUT2D eigenvalue weighted by Crippen LogP contribution is 2.38. The lowest BCUT2D eigenvalue weighted by Crippen LogP contribution is -2.45. The van der Waals surface area contributed by atoms with Crippen LogP contribution in [0.2, 0.25) is 0 Å². The number of aliphatic hydroxyl groups excluding tert-OH is 1. The molecule has 10 heteroatoms. The molecule has 1 saturated heterocycles. The van der Waals surface area contributed by atoms with Gasteiger partial charge in [0.25, 0.3) is 7.82 Å². The molecule has 0 aromatic heterocycles. The average molecular weight is 729 g/mol. The van der Waals surface area contributed by atoms with Crippen molar-refractivity contribution < 1.29 is 37.6 Å². The Balaban J connectivity index is 2.37. The van der Waals surface area contributed by atoms with Gasteiger partial charge in [-0.3, -0.25) is 9.36 Å². The van der Waals surface area contributed by atoms with Gasteiger partial charge in [-0.05, 0) is 44.9 Å². The quantitative estimate of drug-likeness (QED) is 0.0220. The molecule has 0 radical (unpaired) electrons. The molecule has 9 nitrogen and oxygen atoms in total. The van der Waals surface area contributed by atoms with Gasteiger partial charge in [0.2, 0.25) is 5.91 Å². The minimum absolute atomic E-state index is 0.00653. The Morgan fingerprint density at radius 3 is 2.02 bits per heavy atom. The molecule has 0 spiro atoms. The Morgan fingerprint density at radius 2 is 1.36 bits per heavy atom. The Labute approximate surface area is 307 Å². The fraction of sp³-hybridized carbons (Fsp3) is 0.875. The van der Waals surface area contributed by atoms with Crippen molar-refractivity contribution in [2.45, 2.75) is 186 Å². The van der Waals surface area contributed by atoms with E-state index in [1.807, 2.05) is 27.2 Å². The molecule has 1 rings (SSSR count). The summed E-state index contributed by atoms with van der Waals surface area (Å²) in [6.07, 6.45) is 33.7. The third kappa shape index (κ3) is 28.5. The van der Waals surface area contributed by atoms with E-state index in [1.54, 1.807) is 6.08 Å². The number of carbonyl (C=O) groups excluding carboxylic acids is 1. The van der Waals surface area contributed by atoms with E-state index in [2.05, 4.69) is 31.3 Å². The van der Waals surface area contributed by atoms with Gasteiger partial charge in [-0.2, -0.15) is 0 Å². The number of hydrogen-bond donors (Lipinski definition) is 2. The van der Waals surface area contributed by atoms with Crippen LogP contribution in [0.5, 0.6) is 0 Å². The molecule has 1 aliphatic rings. The summed E-state index contributed by atoms with van der Waals surface area (Å²) in [4.78, 5) is 25.2. The van der Waals surface area contributed by atoms with Gasteiger partial charge in [0.05, 0.1) is 52.1 Å². The lowest BCUT2D eigenvalue weighted by Gasteiger charge is -2.29. The molecule has 0 aliphatic carbocycles. The summed E-state index contributed by atoms with van der Waals surface area (Å²) in [6, 6.07) is -0.895. The van der Waals surface area contributed by atoms with E-state index in [4.69, 9.17) is 13.8 Å². The predicted molar refractivity (Wildman–Crippen MR) is 205 cm³/mol. The maximum Gasteiger partial charge on any atom is 0.268 e. The second-order valence-electron chi connectivity index (χ2n) is 15.4. The largest absolute Gasteiger partial charge is 0.756 e. The molecular weight excluding hydrogens is 651 g/mol. The SMILES string of the molecule is CCCCC/C=C\CC1OC1CCCCCCCC(=O)N[C@@H](COP(=O)([O-])OCC[N+](C)(C)C)[C@H](O)/C=C/CCCCCCCCCCCC. The van der Waals surface area contributed by atoms with Gasteiger partial charge in [0.1, 0.15) is 13.2 Å². The molecule has 1 fully saturated rings. The molecule has 50 heavy (non-hydrogen) atoms. The second-order valence-corrected chi connectivity index (χ2v) is 16.8. The maximum atomic E-state index is 12.8. The van der Waals surface area contributed by atoms with E-state index in [0.29, 0.717) is 29.7 Å². The van der Waals surface area contributed by atoms with Crippen LogP contribution in [-0.2, 0) is 23.1 Å². The van der Waals surface area contributed by atoms with Crippen LogP contribution in [0.4, 0.5) is 0 Å². The standard InChI is InChI=1S/C40H77N2O7P/c1-6-8-10-12-14-15-16-17-18-19-21-25-29-37(43)36(35-48-50(45,46)47-34-33-42(3,4)5)41-40(44)32-28-24-20-23-27-31-39-38(49-39)30-26-22-13-11-9-7-2/h22,25-26,29,36-39,43H,6-21,23-24,27-28,30-35H2,1-5H3,(H-,41,44,45,46)/b26-22-,29-25+/t36-,37+,38?,39?/m0/s1. The third-order valence-electron chi connectivity index (χ3n) is 9.33. The summed E-state index contributed by atoms with van der Waals surface area (Å²) < 4.78 is 28.9. The minimum Gasteiger partial charge on any atom is -0.756 e. The lowest BCUT2D eigenvalue weighted by atomic mass is 10.0. The Kier molecular flexibility index (Phi) is 27.6. The van der Waals surface area contributed by atoms with Crippen LogP contribution in [0.3, 0.4) is 0 Å². The zero-order chi connectivity index (χ0) is 36.9. The summed E-state index contributed by atoms with van der Waals surface area (Å²) >= 11 is 0. The van der Waals surface area contributed by atoms with Crippen molar-refractivity contribution in [2.75, 3.05) is 40.9 Å². The topological polar surface area (TPSA) is 120 Å². The Bertz CT molecular complexity index is 939. The fourth-order valence-corrected chi connectivity index (χ4v) is 6.64. The molecule has 1 heterocycles. The molecule has 0 bridgehead atoms. The molecule has 0 aromatic carbocycles. The number of aliphatic hydroxyl groups is 1. The van der Waals surface area contributed by atoms with Crippen molar-refractivity contribution in [3.05, 3.63) is 24.3 Å². The third-order valence-corrected chi connectivity index (χ3v) is 10.3. The average Bonchev–Trinajstić information content (AvgIpc) is 3.81. The summed E-state index contributed by atoms with van der Waals surface area (Å²) in [6.45, 7) is 4.57. The van der Waals surface area contributed by atoms with Crippen LogP contribution >= 0.6 is 7.82 Å². The van der Waals surface area contributed by atoms with E-state index >= 15 is 0 Å². The number of phosphoric acid groups is 1. The van der Waals surface area contributed by atoms with Gasteiger partial charge >= 0.3 is 0 Å². The molecule has 294 valence electrons. The number of ether oxygens (including phenoxy) is 1. The number of nitrogens with one attached hydrogen (secondary N) is 1. The first-order chi connectivity index (χ1) is 24.0. The fourth-order valence-electron chi connectivity index (χ4n) is 5.92. The number of likely N-dealkylation sites (N-methyl/N-ethyl adjacent to an activating group) is 1. The monoisotopic (exact) mass is 729 g/mol. The number of allylic oxidation sites excluding steroid dienone is 2. The first-order valence-corrected chi connectivity index (χ1v) is 21.8. The highest BCUT2D eigenvalue weighted by molar-refractivity contribution is 7.45. The van der Waals surface area contributed by atoms with E-state index in [-0.39, 0.29) is 19.1 Å². The molecule has 0 saturated carbocycles. The van der Waals surface area contributed by atoms with Crippen LogP contribution in [0.15, 0.2) is 24.3 Å². The van der Waals surface area contributed by atoms with Crippen LogP contribution in [0.25, 0.3) is 0 Å². The van der Waals surface area contributed by atoms with Gasteiger partial charge in [-0.15, -0.1) is 0 Å². The number of amides is 1. The number of quaternary nitrogens is 1. The smallest absolute Gasteiger partial charge is 0.268 e. The molecule has 3 unspecified atom stereocenters. The number of hydrogen-bond acceptors (Lipinski definition) is 7. The van der Waals surface area contributed by atoms with Gasteiger partial charge in [0.15, 0.2) is 0 Å². The normalized spacial score (nSPS) is 18.9. The zero-order valence-corrected chi connectivity index (χ0v) is 33.7. The van der Waals surface area contributed by atoms with Crippen molar-refractivity contribution in [3.8, 4) is 0 Å². The summed E-state index contributed by atoms with van der Waals surface area (Å²) in [5.74, 6) is -0.218. The van der Waals surface area contributed by atoms with E-state index < -0.39 is 20.0 Å². The zero-order valence-electron chi connectivity index (χ0n) is 32.8. The van der Waals surface area contributed by atoms with Crippen LogP contribution in [0.1, 0.15) is 162 Å². The number of unbranched alkanes of at least 4 members (excludes halogenated alkanes) is 17. The number of epoxide rings is 1. The molecular formula is C40H77N2O7P. The molecule has 1 aliphatic heterocycles. The van der Waals surface area contributed by atoms with E-state index in [1.165, 1.54) is 77.0 Å². The lowest BCUT2D eigenvalue weighted by molar-refractivity contribution is -0.870. The number of carbonyl (C=O) groups is 1. The van der Waals surface area contributed by atoms with Gasteiger partial charge < -0.3 is 33.6 Å². The van der Waals surface area contributed by atoms with E-state index in [0.717, 1.165) is 64.2 Å². The summed E-state index contributed by atoms with van der Waals surface area (Å²) in [5.41, 5.74) is 0. The van der Waals surface area contributed by atoms with Crippen LogP contribution in [0, 0.1) is 0 Å². The van der Waals surface area contributed by atoms with Crippen molar-refractivity contribution in [1.82, 2.24) is 5.32 Å². The van der Waals surface area contributed by atoms with Gasteiger partial charge in [0, 0.05) is 6.42 Å². The molecule has 2 N–H and O–H groups in total. The van der Waals surface area contributed by atoms with Crippen molar-refractivity contribution in [1.29, 1.82) is 0 Å². The summed E-state index contributed by atoms with van der Waals surface area (Å²) in [5, 5.41) is 13.7. The first-order valence-electron chi connectivity index (χ1n) is 20.3. The summed E-state index contributed by atoms with van der Waals surface area (Å²) in [7, 11) is 1.24. The van der Waals surface area contributed by atoms with Crippen LogP contribution in [-0.4, -0.2) is 80.8 Å². The van der Waals surface area contributed by atoms with Gasteiger partial charge in [-0.25, -0.2) is 0 Å². The molecule has 0 aromatic rings. The molecule has 1 amide bonds. The first kappa shape index (κ1) is 47.0. The maximum absolute atomic E-state index is 12.8. The number of rotatable bonds is 35. The number of phosphoric ester groups is 1. The Hall–Kier alpha value is -1.06. The Morgan fingerprint density at radius 1 is 0.800 bits per heavy atom. The van der Waals surface area contributed by atoms with Crippen molar-refractivity contribution in [2.24, 2.45) is 0 Å². The highest BCUT2D eigenvalue weighted by atomic mass is 31.2. The minimum atomic E-state index is -4.59. The van der Waals surface area contributed by atoms with Crippen molar-refractivity contribution in [3.63, 3.8) is 0 Å². The second kappa shape index (κ2) is 29.4. The van der Waals surface area contributed by atoms with Crippen molar-refractivity contribution >= 4 is 13.7 Å². The van der Waals surface area contributed by atoms with Gasteiger partial charge in [-0.1, -0.05) is 134 Å². The highest BCUT2D eigenvalue weighted by Gasteiger charge is 2.36.